The zero-order chi connectivity index (χ0) is 16.7. The van der Waals surface area contributed by atoms with Crippen molar-refractivity contribution in [2.75, 3.05) is 0 Å². The Morgan fingerprint density at radius 3 is 2.64 bits per heavy atom. The predicted octanol–water partition coefficient (Wildman–Crippen LogP) is 3.60. The Balaban J connectivity index is 3.41. The highest BCUT2D eigenvalue weighted by Gasteiger charge is 2.18. The van der Waals surface area contributed by atoms with Gasteiger partial charge >= 0.3 is 5.69 Å². The summed E-state index contributed by atoms with van der Waals surface area (Å²) in [5, 5.41) is 39.0. The zero-order valence-electron chi connectivity index (χ0n) is 11.9. The van der Waals surface area contributed by atoms with Crippen molar-refractivity contribution >= 4 is 11.8 Å². The molecule has 0 spiro atoms. The molecular formula is C16H14N2O4. The van der Waals surface area contributed by atoms with Crippen LogP contribution in [0.25, 0.3) is 6.08 Å². The van der Waals surface area contributed by atoms with E-state index in [1.807, 2.05) is 6.07 Å². The van der Waals surface area contributed by atoms with Crippen molar-refractivity contribution < 1.29 is 15.1 Å². The maximum Gasteiger partial charge on any atom is 0.315 e. The van der Waals surface area contributed by atoms with Crippen molar-refractivity contribution in [3.8, 4) is 17.6 Å². The Bertz CT molecular complexity index is 737. The summed E-state index contributed by atoms with van der Waals surface area (Å²) in [6, 6.07) is 4.21. The van der Waals surface area contributed by atoms with Crippen molar-refractivity contribution in [2.45, 2.75) is 6.92 Å². The molecule has 6 nitrogen and oxygen atoms in total. The fourth-order valence-electron chi connectivity index (χ4n) is 1.71. The van der Waals surface area contributed by atoms with Gasteiger partial charge < -0.3 is 10.2 Å². The number of hydrogen-bond acceptors (Lipinski definition) is 5. The van der Waals surface area contributed by atoms with Crippen molar-refractivity contribution in [2.24, 2.45) is 0 Å². The number of nitrogens with zero attached hydrogens (tertiary/aromatic N) is 2. The van der Waals surface area contributed by atoms with Gasteiger partial charge in [0.2, 0.25) is 5.75 Å². The number of phenols is 2. The molecule has 0 saturated carbocycles. The van der Waals surface area contributed by atoms with Crippen molar-refractivity contribution in [3.63, 3.8) is 0 Å². The number of phenolic OH excluding ortho intramolecular Hbond substituents is 2. The van der Waals surface area contributed by atoms with E-state index < -0.39 is 22.1 Å². The monoisotopic (exact) mass is 298 g/mol. The molecule has 1 rings (SSSR count). The van der Waals surface area contributed by atoms with E-state index in [0.29, 0.717) is 5.57 Å². The van der Waals surface area contributed by atoms with Crippen molar-refractivity contribution in [1.29, 1.82) is 5.26 Å². The van der Waals surface area contributed by atoms with E-state index in [9.17, 15) is 25.6 Å². The zero-order valence-corrected chi connectivity index (χ0v) is 11.9. The van der Waals surface area contributed by atoms with Crippen LogP contribution in [-0.2, 0) is 0 Å². The molecule has 1 aromatic rings. The van der Waals surface area contributed by atoms with Crippen LogP contribution >= 0.6 is 0 Å². The first-order valence-corrected chi connectivity index (χ1v) is 6.22. The smallest absolute Gasteiger partial charge is 0.315 e. The first kappa shape index (κ1) is 16.7. The first-order chi connectivity index (χ1) is 10.4. The molecule has 0 bridgehead atoms. The summed E-state index contributed by atoms with van der Waals surface area (Å²) >= 11 is 0. The minimum atomic E-state index is -0.813. The highest BCUT2D eigenvalue weighted by Crippen LogP contribution is 2.36. The largest absolute Gasteiger partial charge is 0.504 e. The Morgan fingerprint density at radius 2 is 2.14 bits per heavy atom. The molecule has 6 heteroatoms. The number of nitriles is 1. The van der Waals surface area contributed by atoms with E-state index in [4.69, 9.17) is 0 Å². The molecule has 0 unspecified atom stereocenters. The normalized spacial score (nSPS) is 12.2. The molecule has 0 fully saturated rings. The van der Waals surface area contributed by atoms with E-state index in [0.717, 1.165) is 12.1 Å². The number of benzene rings is 1. The van der Waals surface area contributed by atoms with Crippen LogP contribution in [0.5, 0.6) is 11.5 Å². The molecule has 22 heavy (non-hydrogen) atoms. The predicted molar refractivity (Wildman–Crippen MR) is 83.1 cm³/mol. The van der Waals surface area contributed by atoms with Gasteiger partial charge in [0.15, 0.2) is 5.75 Å². The third-order valence-corrected chi connectivity index (χ3v) is 2.75. The average Bonchev–Trinajstić information content (AvgIpc) is 2.49. The van der Waals surface area contributed by atoms with Crippen molar-refractivity contribution in [3.05, 3.63) is 69.8 Å². The molecule has 0 amide bonds. The fourth-order valence-corrected chi connectivity index (χ4v) is 1.71. The van der Waals surface area contributed by atoms with Gasteiger partial charge in [-0.3, -0.25) is 10.1 Å². The molecule has 112 valence electrons. The summed E-state index contributed by atoms with van der Waals surface area (Å²) in [6.45, 7) is 5.28. The maximum absolute atomic E-state index is 10.8. The Morgan fingerprint density at radius 1 is 1.45 bits per heavy atom. The average molecular weight is 298 g/mol. The van der Waals surface area contributed by atoms with Gasteiger partial charge in [0, 0.05) is 6.07 Å². The molecule has 1 aromatic carbocycles. The maximum atomic E-state index is 10.8. The highest BCUT2D eigenvalue weighted by molar-refractivity contribution is 5.70. The number of hydrogen-bond donors (Lipinski definition) is 2. The lowest BCUT2D eigenvalue weighted by atomic mass is 10.0. The summed E-state index contributed by atoms with van der Waals surface area (Å²) in [5.74, 6) is -1.43. The molecular weight excluding hydrogens is 284 g/mol. The Hall–Kier alpha value is -3.33. The molecule has 0 aliphatic rings. The number of aromatic hydroxyl groups is 2. The quantitative estimate of drug-likeness (QED) is 0.284. The van der Waals surface area contributed by atoms with Crippen molar-refractivity contribution in [1.82, 2.24) is 0 Å². The van der Waals surface area contributed by atoms with E-state index in [1.54, 1.807) is 31.2 Å². The minimum Gasteiger partial charge on any atom is -0.504 e. The molecule has 0 atom stereocenters. The SMILES string of the molecule is C=C\C=C/C(=C\C)C(/C#N)=C/c1cc(O)c(O)c([N+](=O)[O-])c1. The number of allylic oxidation sites excluding steroid dienone is 6. The highest BCUT2D eigenvalue weighted by atomic mass is 16.6. The Labute approximate surface area is 127 Å². The van der Waals surface area contributed by atoms with Gasteiger partial charge in [0.1, 0.15) is 0 Å². The van der Waals surface area contributed by atoms with Gasteiger partial charge in [0.25, 0.3) is 0 Å². The lowest BCUT2D eigenvalue weighted by Crippen LogP contribution is -1.91. The fraction of sp³-hybridized carbons (Fsp3) is 0.0625. The second kappa shape index (κ2) is 7.45. The summed E-state index contributed by atoms with van der Waals surface area (Å²) in [5.41, 5.74) is 0.440. The van der Waals surface area contributed by atoms with Crippen LogP contribution in [0.2, 0.25) is 0 Å². The first-order valence-electron chi connectivity index (χ1n) is 6.22. The summed E-state index contributed by atoms with van der Waals surface area (Å²) in [4.78, 5) is 10.0. The molecule has 0 radical (unpaired) electrons. The van der Waals surface area contributed by atoms with Gasteiger partial charge in [-0.15, -0.1) is 0 Å². The Kier molecular flexibility index (Phi) is 5.66. The van der Waals surface area contributed by atoms with E-state index >= 15 is 0 Å². The van der Waals surface area contributed by atoms with Gasteiger partial charge in [-0.2, -0.15) is 5.26 Å². The number of nitro groups is 1. The van der Waals surface area contributed by atoms with Crippen LogP contribution in [0.4, 0.5) is 5.69 Å². The lowest BCUT2D eigenvalue weighted by Gasteiger charge is -2.03. The molecule has 0 saturated heterocycles. The summed E-state index contributed by atoms with van der Waals surface area (Å²) < 4.78 is 0. The van der Waals surface area contributed by atoms with Crippen LogP contribution in [-0.4, -0.2) is 15.1 Å². The number of nitro benzene ring substituents is 1. The molecule has 0 heterocycles. The van der Waals surface area contributed by atoms with Gasteiger partial charge in [-0.05, 0) is 30.2 Å². The molecule has 2 N–H and O–H groups in total. The topological polar surface area (TPSA) is 107 Å². The third-order valence-electron chi connectivity index (χ3n) is 2.75. The van der Waals surface area contributed by atoms with E-state index in [2.05, 4.69) is 6.58 Å². The summed E-state index contributed by atoms with van der Waals surface area (Å²) in [7, 11) is 0. The lowest BCUT2D eigenvalue weighted by molar-refractivity contribution is -0.386. The molecule has 0 aliphatic heterocycles. The van der Waals surface area contributed by atoms with Gasteiger partial charge in [-0.1, -0.05) is 30.9 Å². The van der Waals surface area contributed by atoms with E-state index in [1.165, 1.54) is 6.08 Å². The third kappa shape index (κ3) is 3.84. The standard InChI is InChI=1S/C16H14N2O4/c1-3-5-6-12(4-2)13(10-17)7-11-8-14(18(21)22)16(20)15(19)9-11/h3-9,19-20H,1H2,2H3/b6-5-,12-4+,13-7+. The van der Waals surface area contributed by atoms with Crippen LogP contribution in [0.15, 0.2) is 54.2 Å². The van der Waals surface area contributed by atoms with Crippen LogP contribution in [0, 0.1) is 21.4 Å². The molecule has 0 aliphatic carbocycles. The van der Waals surface area contributed by atoms with Gasteiger partial charge in [0.05, 0.1) is 16.6 Å². The van der Waals surface area contributed by atoms with Crippen LogP contribution in [0.1, 0.15) is 12.5 Å². The number of rotatable bonds is 5. The van der Waals surface area contributed by atoms with Gasteiger partial charge in [-0.25, -0.2) is 0 Å². The summed E-state index contributed by atoms with van der Waals surface area (Å²) in [6.07, 6.45) is 7.95. The van der Waals surface area contributed by atoms with Crippen LogP contribution in [0.3, 0.4) is 0 Å². The molecule has 0 aromatic heterocycles. The van der Waals surface area contributed by atoms with E-state index in [-0.39, 0.29) is 11.1 Å². The second-order valence-corrected chi connectivity index (χ2v) is 4.17. The minimum absolute atomic E-state index is 0.227. The van der Waals surface area contributed by atoms with Crippen LogP contribution < -0.4 is 0 Å². The second-order valence-electron chi connectivity index (χ2n) is 4.17.